The first-order valence-corrected chi connectivity index (χ1v) is 23.1. The molecule has 3 aliphatic rings. The van der Waals surface area contributed by atoms with Gasteiger partial charge in [-0.3, -0.25) is 0 Å². The summed E-state index contributed by atoms with van der Waals surface area (Å²) in [6.07, 6.45) is 2.63. The van der Waals surface area contributed by atoms with E-state index in [0.717, 1.165) is 28.9 Å². The molecule has 0 N–H and O–H groups in total. The molecule has 0 atom stereocenters. The molecule has 2 aromatic carbocycles. The second-order valence-corrected chi connectivity index (χ2v) is 28.5. The van der Waals surface area contributed by atoms with Crippen LogP contribution in [0.3, 0.4) is 0 Å². The van der Waals surface area contributed by atoms with Crippen molar-refractivity contribution in [2.24, 2.45) is 17.8 Å². The van der Waals surface area contributed by atoms with Crippen LogP contribution in [-0.2, 0) is 24.1 Å². The van der Waals surface area contributed by atoms with Crippen LogP contribution in [0.4, 0.5) is 0 Å². The van der Waals surface area contributed by atoms with Crippen molar-refractivity contribution in [1.82, 2.24) is 0 Å². The van der Waals surface area contributed by atoms with Gasteiger partial charge in [-0.2, -0.15) is 0 Å². The summed E-state index contributed by atoms with van der Waals surface area (Å²) >= 11 is 11.3. The molecule has 0 amide bonds. The molecule has 3 fully saturated rings. The fourth-order valence-electron chi connectivity index (χ4n) is 8.98. The molecule has 0 nitrogen and oxygen atoms in total. The van der Waals surface area contributed by atoms with Crippen molar-refractivity contribution in [2.45, 2.75) is 174 Å². The van der Waals surface area contributed by atoms with E-state index in [1.165, 1.54) is 12.3 Å². The van der Waals surface area contributed by atoms with Crippen molar-refractivity contribution in [3.63, 3.8) is 0 Å². The van der Waals surface area contributed by atoms with E-state index >= 15 is 0 Å². The van der Waals surface area contributed by atoms with Crippen LogP contribution in [0.15, 0.2) is 48.5 Å². The molecule has 3 saturated heterocycles. The number of halogens is 2. The molecule has 272 valence electrons. The van der Waals surface area contributed by atoms with Gasteiger partial charge in [-0.05, 0) is 103 Å². The first-order chi connectivity index (χ1) is 20.9. The SMILES string of the molecule is C.C.CC1C(C)(C)P(Cc2ccccc2CP2C(C)(C)C(C)C2(C)C)C1(C)C.ClCc1ccccc1CCl.[B][PH+]1C(C)(C)C(C)C1(C)C.[Li+]. The van der Waals surface area contributed by atoms with E-state index in [-0.39, 0.29) is 49.6 Å². The molecule has 5 rings (SSSR count). The molecule has 0 spiro atoms. The van der Waals surface area contributed by atoms with Crippen molar-refractivity contribution in [2.75, 3.05) is 0 Å². The third-order valence-electron chi connectivity index (χ3n) is 13.8. The van der Waals surface area contributed by atoms with Crippen molar-refractivity contribution >= 4 is 54.4 Å². The Balaban J connectivity index is 0.000000831. The maximum atomic E-state index is 6.13. The first kappa shape index (κ1) is 50.0. The van der Waals surface area contributed by atoms with Crippen LogP contribution in [-0.4, -0.2) is 38.5 Å². The number of rotatable bonds is 6. The average molecular weight is 760 g/mol. The van der Waals surface area contributed by atoms with Gasteiger partial charge in [0.05, 0.1) is 10.3 Å². The predicted octanol–water partition coefficient (Wildman–Crippen LogP) is 12.0. The maximum absolute atomic E-state index is 6.13. The summed E-state index contributed by atoms with van der Waals surface area (Å²) in [5.74, 6) is 3.52. The van der Waals surface area contributed by atoms with Crippen LogP contribution < -0.4 is 18.9 Å². The second-order valence-electron chi connectivity index (χ2n) is 17.6. The number of benzene rings is 2. The Hall–Kier alpha value is 0.972. The Morgan fingerprint density at radius 3 is 0.980 bits per heavy atom. The molecule has 0 bridgehead atoms. The largest absolute Gasteiger partial charge is 1.00 e. The van der Waals surface area contributed by atoms with Crippen molar-refractivity contribution in [1.29, 1.82) is 0 Å². The van der Waals surface area contributed by atoms with Crippen molar-refractivity contribution < 1.29 is 18.9 Å². The van der Waals surface area contributed by atoms with Gasteiger partial charge >= 0.3 is 26.4 Å². The van der Waals surface area contributed by atoms with E-state index in [1.54, 1.807) is 11.1 Å². The molecule has 2 aromatic rings. The quantitative estimate of drug-likeness (QED) is 0.156. The third-order valence-corrected chi connectivity index (χ3v) is 26.4. The second kappa shape index (κ2) is 18.1. The van der Waals surface area contributed by atoms with E-state index in [0.29, 0.717) is 42.7 Å². The normalized spacial score (nSPS) is 29.8. The van der Waals surface area contributed by atoms with Gasteiger partial charge in [0.2, 0.25) is 0 Å². The molecule has 0 saturated carbocycles. The van der Waals surface area contributed by atoms with Crippen LogP contribution in [0.25, 0.3) is 0 Å². The molecule has 3 heterocycles. The van der Waals surface area contributed by atoms with Crippen LogP contribution >= 0.6 is 46.8 Å². The smallest absolute Gasteiger partial charge is 0.122 e. The minimum absolute atomic E-state index is 0. The Bertz CT molecular complexity index is 1190. The average Bonchev–Trinajstić information content (AvgIpc) is 3.01. The minimum Gasteiger partial charge on any atom is -0.122 e. The van der Waals surface area contributed by atoms with Crippen LogP contribution in [0.5, 0.6) is 0 Å². The van der Waals surface area contributed by atoms with Gasteiger partial charge in [0, 0.05) is 17.7 Å². The summed E-state index contributed by atoms with van der Waals surface area (Å²) < 4.78 is 0. The Labute approximate surface area is 333 Å². The molecule has 49 heavy (non-hydrogen) atoms. The molecule has 0 unspecified atom stereocenters. The summed E-state index contributed by atoms with van der Waals surface area (Å²) in [6.45, 7) is 36.6. The van der Waals surface area contributed by atoms with E-state index in [1.807, 2.05) is 24.3 Å². The summed E-state index contributed by atoms with van der Waals surface area (Å²) in [5, 5.41) is 2.96. The molecule has 0 aliphatic carbocycles. The third kappa shape index (κ3) is 9.44. The van der Waals surface area contributed by atoms with E-state index in [4.69, 9.17) is 30.8 Å². The molecule has 3 aliphatic heterocycles. The molecular formula is C42H73BCl2LiP3+2. The van der Waals surface area contributed by atoms with Crippen molar-refractivity contribution in [3.05, 3.63) is 70.8 Å². The van der Waals surface area contributed by atoms with Gasteiger partial charge in [0.1, 0.15) is 0 Å². The van der Waals surface area contributed by atoms with Gasteiger partial charge in [0.25, 0.3) is 0 Å². The predicted molar refractivity (Wildman–Crippen MR) is 233 cm³/mol. The molecule has 7 heteroatoms. The van der Waals surface area contributed by atoms with Crippen LogP contribution in [0.2, 0.25) is 0 Å². The van der Waals surface area contributed by atoms with Crippen LogP contribution in [0.1, 0.15) is 141 Å². The Kier molecular flexibility index (Phi) is 18.4. The first-order valence-electron chi connectivity index (χ1n) is 17.4. The number of alkyl halides is 2. The minimum atomic E-state index is -0.594. The Morgan fingerprint density at radius 1 is 0.531 bits per heavy atom. The van der Waals surface area contributed by atoms with Crippen LogP contribution in [0, 0.1) is 17.8 Å². The maximum Gasteiger partial charge on any atom is 1.00 e. The summed E-state index contributed by atoms with van der Waals surface area (Å²) in [4.78, 5) is 0. The van der Waals surface area contributed by atoms with Crippen molar-refractivity contribution in [3.8, 4) is 0 Å². The van der Waals surface area contributed by atoms with E-state index in [9.17, 15) is 0 Å². The van der Waals surface area contributed by atoms with Gasteiger partial charge in [0.15, 0.2) is 0 Å². The topological polar surface area (TPSA) is 0 Å². The summed E-state index contributed by atoms with van der Waals surface area (Å²) in [7, 11) is 5.58. The van der Waals surface area contributed by atoms with Gasteiger partial charge in [-0.1, -0.05) is 155 Å². The molecular weight excluding hydrogens is 686 g/mol. The molecule has 2 radical (unpaired) electrons. The van der Waals surface area contributed by atoms with E-state index in [2.05, 4.69) is 128 Å². The summed E-state index contributed by atoms with van der Waals surface area (Å²) in [6, 6.07) is 17.3. The summed E-state index contributed by atoms with van der Waals surface area (Å²) in [5.41, 5.74) is 5.55. The van der Waals surface area contributed by atoms with E-state index < -0.39 is 7.80 Å². The zero-order chi connectivity index (χ0) is 35.3. The zero-order valence-corrected chi connectivity index (χ0v) is 37.2. The number of hydrogen-bond acceptors (Lipinski definition) is 0. The van der Waals surface area contributed by atoms with Gasteiger partial charge in [-0.15, -0.1) is 23.2 Å². The molecule has 0 aromatic heterocycles. The standard InChI is InChI=1S/C24H40P2.C8H17BP.C8H8Cl2.2CH4.Li/c1-17-21(3,4)25(22(17,5)6)15-19-13-11-12-14-20(19)16-26-23(7,8)18(2)24(26,9)10;1-6-7(2,3)10(9)8(6,4)5;9-5-7-3-1-2-4-8(7)6-10;;;/h11-14,17-18H,15-16H2,1-10H3;6,10H,1-5H3;1-4H,5-6H2;2*1H4;/q;+1;;;;+1. The monoisotopic (exact) mass is 758 g/mol. The fourth-order valence-corrected chi connectivity index (χ4v) is 21.2. The Morgan fingerprint density at radius 2 is 0.776 bits per heavy atom. The van der Waals surface area contributed by atoms with Gasteiger partial charge < -0.3 is 0 Å². The van der Waals surface area contributed by atoms with Gasteiger partial charge in [-0.25, -0.2) is 0 Å². The zero-order valence-electron chi connectivity index (χ0n) is 32.9. The fraction of sp³-hybridized carbons (Fsp3) is 0.714. The number of hydrogen-bond donors (Lipinski definition) is 0.